The van der Waals surface area contributed by atoms with Crippen LogP contribution >= 0.6 is 0 Å². The standard InChI is InChI=1S/C10H15N3O/c1-2-9(14-5-1)10-8-6-11-3-4-13(8)7-12-10/h7,9,11H,1-6H2. The zero-order chi connectivity index (χ0) is 9.38. The average molecular weight is 193 g/mol. The first-order valence-corrected chi connectivity index (χ1v) is 5.31. The van der Waals surface area contributed by atoms with Crippen LogP contribution in [0.5, 0.6) is 0 Å². The predicted octanol–water partition coefficient (Wildman–Crippen LogP) is 0.838. The minimum Gasteiger partial charge on any atom is -0.372 e. The van der Waals surface area contributed by atoms with Crippen molar-refractivity contribution < 1.29 is 4.74 Å². The number of hydrogen-bond acceptors (Lipinski definition) is 3. The van der Waals surface area contributed by atoms with Gasteiger partial charge >= 0.3 is 0 Å². The molecular formula is C10H15N3O. The molecule has 0 amide bonds. The zero-order valence-corrected chi connectivity index (χ0v) is 8.20. The molecule has 14 heavy (non-hydrogen) atoms. The summed E-state index contributed by atoms with van der Waals surface area (Å²) in [6.45, 7) is 3.92. The Morgan fingerprint density at radius 1 is 1.57 bits per heavy atom. The summed E-state index contributed by atoms with van der Waals surface area (Å²) in [5.41, 5.74) is 2.48. The fourth-order valence-electron chi connectivity index (χ4n) is 2.28. The Morgan fingerprint density at radius 2 is 2.57 bits per heavy atom. The van der Waals surface area contributed by atoms with Gasteiger partial charge in [0.1, 0.15) is 6.10 Å². The van der Waals surface area contributed by atoms with Crippen LogP contribution in [0.15, 0.2) is 6.33 Å². The van der Waals surface area contributed by atoms with E-state index in [4.69, 9.17) is 4.74 Å². The van der Waals surface area contributed by atoms with E-state index in [1.165, 1.54) is 12.1 Å². The number of imidazole rings is 1. The topological polar surface area (TPSA) is 39.1 Å². The van der Waals surface area contributed by atoms with Crippen LogP contribution in [0.4, 0.5) is 0 Å². The van der Waals surface area contributed by atoms with Gasteiger partial charge in [-0.05, 0) is 12.8 Å². The molecule has 0 bridgehead atoms. The maximum absolute atomic E-state index is 5.66. The molecule has 4 nitrogen and oxygen atoms in total. The van der Waals surface area contributed by atoms with Crippen molar-refractivity contribution in [2.24, 2.45) is 0 Å². The largest absolute Gasteiger partial charge is 0.372 e. The second-order valence-electron chi connectivity index (χ2n) is 3.95. The van der Waals surface area contributed by atoms with E-state index in [1.807, 2.05) is 6.33 Å². The van der Waals surface area contributed by atoms with Gasteiger partial charge in [0.2, 0.25) is 0 Å². The molecule has 0 radical (unpaired) electrons. The fraction of sp³-hybridized carbons (Fsp3) is 0.700. The first-order chi connectivity index (χ1) is 6.95. The van der Waals surface area contributed by atoms with Gasteiger partial charge in [-0.15, -0.1) is 0 Å². The third-order valence-corrected chi connectivity index (χ3v) is 3.04. The molecular weight excluding hydrogens is 178 g/mol. The molecule has 1 N–H and O–H groups in total. The average Bonchev–Trinajstić information content (AvgIpc) is 2.85. The molecule has 0 aromatic carbocycles. The highest BCUT2D eigenvalue weighted by atomic mass is 16.5. The third kappa shape index (κ3) is 1.26. The number of aromatic nitrogens is 2. The lowest BCUT2D eigenvalue weighted by atomic mass is 10.1. The minimum absolute atomic E-state index is 0.256. The first-order valence-electron chi connectivity index (χ1n) is 5.31. The normalized spacial score (nSPS) is 26.4. The van der Waals surface area contributed by atoms with Crippen molar-refractivity contribution in [1.29, 1.82) is 0 Å². The molecule has 0 spiro atoms. The summed E-state index contributed by atoms with van der Waals surface area (Å²) >= 11 is 0. The first kappa shape index (κ1) is 8.44. The Kier molecular flexibility index (Phi) is 2.03. The minimum atomic E-state index is 0.256. The van der Waals surface area contributed by atoms with E-state index in [0.717, 1.165) is 38.4 Å². The van der Waals surface area contributed by atoms with Crippen molar-refractivity contribution in [1.82, 2.24) is 14.9 Å². The number of hydrogen-bond donors (Lipinski definition) is 1. The smallest absolute Gasteiger partial charge is 0.101 e. The van der Waals surface area contributed by atoms with Crippen LogP contribution in [0.25, 0.3) is 0 Å². The molecule has 3 heterocycles. The highest BCUT2D eigenvalue weighted by molar-refractivity contribution is 5.18. The van der Waals surface area contributed by atoms with Gasteiger partial charge < -0.3 is 14.6 Å². The molecule has 1 fully saturated rings. The van der Waals surface area contributed by atoms with Crippen LogP contribution in [0.1, 0.15) is 30.3 Å². The zero-order valence-electron chi connectivity index (χ0n) is 8.20. The Labute approximate surface area is 83.3 Å². The Hall–Kier alpha value is -0.870. The Bertz CT molecular complexity index is 328. The molecule has 1 aromatic rings. The molecule has 1 unspecified atom stereocenters. The summed E-state index contributed by atoms with van der Waals surface area (Å²) in [6.07, 6.45) is 4.51. The quantitative estimate of drug-likeness (QED) is 0.718. The lowest BCUT2D eigenvalue weighted by molar-refractivity contribution is 0.108. The number of ether oxygens (including phenoxy) is 1. The summed E-state index contributed by atoms with van der Waals surface area (Å²) in [5, 5.41) is 3.37. The van der Waals surface area contributed by atoms with E-state index in [-0.39, 0.29) is 6.10 Å². The monoisotopic (exact) mass is 193 g/mol. The molecule has 4 heteroatoms. The Morgan fingerprint density at radius 3 is 3.43 bits per heavy atom. The predicted molar refractivity (Wildman–Crippen MR) is 51.9 cm³/mol. The van der Waals surface area contributed by atoms with Gasteiger partial charge in [0.05, 0.1) is 17.7 Å². The van der Waals surface area contributed by atoms with Gasteiger partial charge in [-0.1, -0.05) is 0 Å². The second kappa shape index (κ2) is 3.37. The van der Waals surface area contributed by atoms with E-state index < -0.39 is 0 Å². The van der Waals surface area contributed by atoms with Crippen molar-refractivity contribution in [3.63, 3.8) is 0 Å². The molecule has 1 saturated heterocycles. The van der Waals surface area contributed by atoms with Gasteiger partial charge in [0.25, 0.3) is 0 Å². The fourth-order valence-corrected chi connectivity index (χ4v) is 2.28. The van der Waals surface area contributed by atoms with E-state index in [2.05, 4.69) is 14.9 Å². The van der Waals surface area contributed by atoms with Crippen LogP contribution in [-0.2, 0) is 17.8 Å². The molecule has 0 aliphatic carbocycles. The summed E-state index contributed by atoms with van der Waals surface area (Å²) in [4.78, 5) is 4.48. The SMILES string of the molecule is c1nc(C2CCCO2)c2n1CCNC2. The number of rotatable bonds is 1. The highest BCUT2D eigenvalue weighted by Crippen LogP contribution is 2.30. The summed E-state index contributed by atoms with van der Waals surface area (Å²) in [6, 6.07) is 0. The molecule has 1 aromatic heterocycles. The second-order valence-corrected chi connectivity index (χ2v) is 3.95. The Balaban J connectivity index is 1.93. The lowest BCUT2D eigenvalue weighted by Crippen LogP contribution is -2.28. The van der Waals surface area contributed by atoms with Crippen molar-refractivity contribution in [2.75, 3.05) is 13.2 Å². The third-order valence-electron chi connectivity index (χ3n) is 3.04. The van der Waals surface area contributed by atoms with Crippen LogP contribution in [0.2, 0.25) is 0 Å². The molecule has 1 atom stereocenters. The van der Waals surface area contributed by atoms with Crippen LogP contribution in [0, 0.1) is 0 Å². The molecule has 3 rings (SSSR count). The van der Waals surface area contributed by atoms with Crippen molar-refractivity contribution in [2.45, 2.75) is 32.0 Å². The number of nitrogens with zero attached hydrogens (tertiary/aromatic N) is 2. The van der Waals surface area contributed by atoms with Gasteiger partial charge in [-0.25, -0.2) is 4.98 Å². The van der Waals surface area contributed by atoms with E-state index >= 15 is 0 Å². The molecule has 2 aliphatic heterocycles. The van der Waals surface area contributed by atoms with Crippen LogP contribution in [-0.4, -0.2) is 22.7 Å². The number of nitrogens with one attached hydrogen (secondary N) is 1. The van der Waals surface area contributed by atoms with E-state index in [0.29, 0.717) is 0 Å². The van der Waals surface area contributed by atoms with Crippen molar-refractivity contribution in [3.8, 4) is 0 Å². The van der Waals surface area contributed by atoms with Crippen LogP contribution < -0.4 is 5.32 Å². The van der Waals surface area contributed by atoms with Gasteiger partial charge in [-0.2, -0.15) is 0 Å². The van der Waals surface area contributed by atoms with Gasteiger partial charge in [-0.3, -0.25) is 0 Å². The van der Waals surface area contributed by atoms with E-state index in [9.17, 15) is 0 Å². The highest BCUT2D eigenvalue weighted by Gasteiger charge is 2.25. The maximum Gasteiger partial charge on any atom is 0.101 e. The number of fused-ring (bicyclic) bond motifs is 1. The molecule has 0 saturated carbocycles. The summed E-state index contributed by atoms with van der Waals surface area (Å²) in [5.74, 6) is 0. The van der Waals surface area contributed by atoms with Gasteiger partial charge in [0.15, 0.2) is 0 Å². The van der Waals surface area contributed by atoms with Crippen molar-refractivity contribution >= 4 is 0 Å². The van der Waals surface area contributed by atoms with Gasteiger partial charge in [0, 0.05) is 26.2 Å². The molecule has 76 valence electrons. The van der Waals surface area contributed by atoms with Crippen LogP contribution in [0.3, 0.4) is 0 Å². The maximum atomic E-state index is 5.66. The lowest BCUT2D eigenvalue weighted by Gasteiger charge is -2.18. The summed E-state index contributed by atoms with van der Waals surface area (Å²) < 4.78 is 7.90. The van der Waals surface area contributed by atoms with Crippen molar-refractivity contribution in [3.05, 3.63) is 17.7 Å². The molecule has 2 aliphatic rings. The van der Waals surface area contributed by atoms with E-state index in [1.54, 1.807) is 0 Å². The summed E-state index contributed by atoms with van der Waals surface area (Å²) in [7, 11) is 0.